The second-order valence-corrected chi connectivity index (χ2v) is 6.49. The Kier molecular flexibility index (Phi) is 5.45. The SMILES string of the molecule is CC(C)C1NCCC1CCNC(=O)OC(C)(C)C. The maximum absolute atomic E-state index is 11.5. The van der Waals surface area contributed by atoms with E-state index in [1.54, 1.807) is 0 Å². The molecule has 1 rings (SSSR count). The number of ether oxygens (including phenoxy) is 1. The van der Waals surface area contributed by atoms with Crippen LogP contribution in [0, 0.1) is 11.8 Å². The van der Waals surface area contributed by atoms with E-state index < -0.39 is 5.60 Å². The fraction of sp³-hybridized carbons (Fsp3) is 0.929. The molecule has 1 aliphatic heterocycles. The Morgan fingerprint density at radius 2 is 2.11 bits per heavy atom. The van der Waals surface area contributed by atoms with E-state index in [2.05, 4.69) is 24.5 Å². The molecule has 2 atom stereocenters. The first-order chi connectivity index (χ1) is 8.29. The van der Waals surface area contributed by atoms with Crippen molar-refractivity contribution in [1.82, 2.24) is 10.6 Å². The highest BCUT2D eigenvalue weighted by Crippen LogP contribution is 2.24. The van der Waals surface area contributed by atoms with Gasteiger partial charge in [0.05, 0.1) is 0 Å². The summed E-state index contributed by atoms with van der Waals surface area (Å²) in [5, 5.41) is 6.38. The Bertz CT molecular complexity index is 271. The van der Waals surface area contributed by atoms with Crippen molar-refractivity contribution in [3.8, 4) is 0 Å². The van der Waals surface area contributed by atoms with Crippen LogP contribution in [0.1, 0.15) is 47.5 Å². The second kappa shape index (κ2) is 6.41. The molecule has 4 nitrogen and oxygen atoms in total. The average molecular weight is 256 g/mol. The molecule has 0 aromatic carbocycles. The van der Waals surface area contributed by atoms with Gasteiger partial charge in [-0.3, -0.25) is 0 Å². The van der Waals surface area contributed by atoms with Crippen molar-refractivity contribution in [1.29, 1.82) is 0 Å². The van der Waals surface area contributed by atoms with E-state index in [0.717, 1.165) is 13.0 Å². The first kappa shape index (κ1) is 15.3. The summed E-state index contributed by atoms with van der Waals surface area (Å²) in [7, 11) is 0. The minimum Gasteiger partial charge on any atom is -0.444 e. The van der Waals surface area contributed by atoms with E-state index >= 15 is 0 Å². The van der Waals surface area contributed by atoms with Crippen molar-refractivity contribution in [2.45, 2.75) is 59.1 Å². The average Bonchev–Trinajstić information content (AvgIpc) is 2.62. The fourth-order valence-electron chi connectivity index (χ4n) is 2.56. The van der Waals surface area contributed by atoms with Gasteiger partial charge in [0.2, 0.25) is 0 Å². The zero-order valence-corrected chi connectivity index (χ0v) is 12.4. The Hall–Kier alpha value is -0.770. The van der Waals surface area contributed by atoms with E-state index in [1.165, 1.54) is 6.42 Å². The van der Waals surface area contributed by atoms with Crippen LogP contribution in [0.15, 0.2) is 0 Å². The number of nitrogens with one attached hydrogen (secondary N) is 2. The summed E-state index contributed by atoms with van der Waals surface area (Å²) in [5.41, 5.74) is -0.417. The third-order valence-electron chi connectivity index (χ3n) is 3.30. The third-order valence-corrected chi connectivity index (χ3v) is 3.30. The summed E-state index contributed by atoms with van der Waals surface area (Å²) in [5.74, 6) is 1.32. The molecule has 0 saturated carbocycles. The lowest BCUT2D eigenvalue weighted by Gasteiger charge is -2.24. The molecule has 4 heteroatoms. The minimum absolute atomic E-state index is 0.311. The summed E-state index contributed by atoms with van der Waals surface area (Å²) in [6, 6.07) is 0.588. The lowest BCUT2D eigenvalue weighted by molar-refractivity contribution is 0.0524. The highest BCUT2D eigenvalue weighted by molar-refractivity contribution is 5.67. The second-order valence-electron chi connectivity index (χ2n) is 6.49. The van der Waals surface area contributed by atoms with Crippen LogP contribution in [0.25, 0.3) is 0 Å². The summed E-state index contributed by atoms with van der Waals surface area (Å²) in [4.78, 5) is 11.5. The molecule has 1 heterocycles. The highest BCUT2D eigenvalue weighted by atomic mass is 16.6. The number of rotatable bonds is 4. The van der Waals surface area contributed by atoms with Crippen LogP contribution in [0.4, 0.5) is 4.79 Å². The molecule has 1 aliphatic rings. The third kappa shape index (κ3) is 5.25. The molecular formula is C14H28N2O2. The van der Waals surface area contributed by atoms with Gasteiger partial charge in [0, 0.05) is 12.6 Å². The van der Waals surface area contributed by atoms with Crippen LogP contribution in [0.3, 0.4) is 0 Å². The Morgan fingerprint density at radius 3 is 2.67 bits per heavy atom. The van der Waals surface area contributed by atoms with Gasteiger partial charge in [-0.15, -0.1) is 0 Å². The first-order valence-electron chi connectivity index (χ1n) is 7.00. The zero-order chi connectivity index (χ0) is 13.8. The summed E-state index contributed by atoms with van der Waals surface area (Å²) in [6.45, 7) is 11.9. The van der Waals surface area contributed by atoms with Crippen molar-refractivity contribution >= 4 is 6.09 Å². The van der Waals surface area contributed by atoms with Gasteiger partial charge < -0.3 is 15.4 Å². The zero-order valence-electron chi connectivity index (χ0n) is 12.4. The summed E-state index contributed by atoms with van der Waals surface area (Å²) < 4.78 is 5.21. The molecule has 0 aliphatic carbocycles. The van der Waals surface area contributed by atoms with Crippen molar-refractivity contribution < 1.29 is 9.53 Å². The van der Waals surface area contributed by atoms with Crippen LogP contribution < -0.4 is 10.6 Å². The van der Waals surface area contributed by atoms with E-state index in [9.17, 15) is 4.79 Å². The molecule has 2 N–H and O–H groups in total. The molecule has 0 spiro atoms. The van der Waals surface area contributed by atoms with Crippen LogP contribution in [-0.2, 0) is 4.74 Å². The molecule has 106 valence electrons. The number of carbonyl (C=O) groups excluding carboxylic acids is 1. The largest absolute Gasteiger partial charge is 0.444 e. The number of alkyl carbamates (subject to hydrolysis) is 1. The highest BCUT2D eigenvalue weighted by Gasteiger charge is 2.28. The van der Waals surface area contributed by atoms with E-state index in [0.29, 0.717) is 24.4 Å². The maximum Gasteiger partial charge on any atom is 0.407 e. The predicted molar refractivity (Wildman–Crippen MR) is 73.6 cm³/mol. The lowest BCUT2D eigenvalue weighted by Crippen LogP contribution is -2.36. The first-order valence-corrected chi connectivity index (χ1v) is 7.00. The van der Waals surface area contributed by atoms with Gasteiger partial charge in [-0.05, 0) is 52.0 Å². The van der Waals surface area contributed by atoms with Gasteiger partial charge in [0.15, 0.2) is 0 Å². The maximum atomic E-state index is 11.5. The standard InChI is InChI=1S/C14H28N2O2/c1-10(2)12-11(6-8-15-12)7-9-16-13(17)18-14(3,4)5/h10-12,15H,6-9H2,1-5H3,(H,16,17). The Morgan fingerprint density at radius 1 is 1.44 bits per heavy atom. The molecule has 0 radical (unpaired) electrons. The van der Waals surface area contributed by atoms with Crippen LogP contribution >= 0.6 is 0 Å². The Labute approximate surface area is 111 Å². The van der Waals surface area contributed by atoms with Crippen molar-refractivity contribution in [3.05, 3.63) is 0 Å². The fourth-order valence-corrected chi connectivity index (χ4v) is 2.56. The normalized spacial score (nSPS) is 24.3. The van der Waals surface area contributed by atoms with E-state index in [-0.39, 0.29) is 6.09 Å². The Balaban J connectivity index is 2.23. The van der Waals surface area contributed by atoms with E-state index in [4.69, 9.17) is 4.74 Å². The lowest BCUT2D eigenvalue weighted by atomic mass is 9.89. The van der Waals surface area contributed by atoms with Crippen LogP contribution in [-0.4, -0.2) is 30.8 Å². The number of amides is 1. The topological polar surface area (TPSA) is 50.4 Å². The molecule has 0 bridgehead atoms. The molecule has 18 heavy (non-hydrogen) atoms. The van der Waals surface area contributed by atoms with Crippen molar-refractivity contribution in [2.75, 3.05) is 13.1 Å². The van der Waals surface area contributed by atoms with Crippen LogP contribution in [0.5, 0.6) is 0 Å². The molecule has 1 amide bonds. The monoisotopic (exact) mass is 256 g/mol. The predicted octanol–water partition coefficient (Wildman–Crippen LogP) is 2.54. The molecular weight excluding hydrogens is 228 g/mol. The molecule has 2 unspecified atom stereocenters. The quantitative estimate of drug-likeness (QED) is 0.812. The number of hydrogen-bond donors (Lipinski definition) is 2. The van der Waals surface area contributed by atoms with Gasteiger partial charge in [0.25, 0.3) is 0 Å². The molecule has 0 aromatic heterocycles. The molecule has 0 aromatic rings. The van der Waals surface area contributed by atoms with Gasteiger partial charge in [0.1, 0.15) is 5.60 Å². The van der Waals surface area contributed by atoms with Gasteiger partial charge in [-0.2, -0.15) is 0 Å². The number of hydrogen-bond acceptors (Lipinski definition) is 3. The van der Waals surface area contributed by atoms with Crippen LogP contribution in [0.2, 0.25) is 0 Å². The molecule has 1 saturated heterocycles. The van der Waals surface area contributed by atoms with Gasteiger partial charge >= 0.3 is 6.09 Å². The van der Waals surface area contributed by atoms with E-state index in [1.807, 2.05) is 20.8 Å². The summed E-state index contributed by atoms with van der Waals surface area (Å²) >= 11 is 0. The minimum atomic E-state index is -0.417. The summed E-state index contributed by atoms with van der Waals surface area (Å²) in [6.07, 6.45) is 1.92. The van der Waals surface area contributed by atoms with Crippen molar-refractivity contribution in [3.63, 3.8) is 0 Å². The number of carbonyl (C=O) groups is 1. The van der Waals surface area contributed by atoms with Gasteiger partial charge in [-0.25, -0.2) is 4.79 Å². The molecule has 1 fully saturated rings. The van der Waals surface area contributed by atoms with Gasteiger partial charge in [-0.1, -0.05) is 13.8 Å². The smallest absolute Gasteiger partial charge is 0.407 e. The van der Waals surface area contributed by atoms with Crippen molar-refractivity contribution in [2.24, 2.45) is 11.8 Å².